The van der Waals surface area contributed by atoms with Gasteiger partial charge in [-0.25, -0.2) is 0 Å². The van der Waals surface area contributed by atoms with E-state index in [2.05, 4.69) is 66.6 Å². The second-order valence-corrected chi connectivity index (χ2v) is 12.4. The van der Waals surface area contributed by atoms with Gasteiger partial charge in [0.1, 0.15) is 7.85 Å². The topological polar surface area (TPSA) is 84.7 Å². The van der Waals surface area contributed by atoms with Crippen LogP contribution < -0.4 is 9.47 Å². The molecule has 0 bridgehead atoms. The number of aromatic nitrogens is 3. The lowest BCUT2D eigenvalue weighted by molar-refractivity contribution is -0.134. The number of carbonyl (C=O) groups excluding carboxylic acids is 1. The normalized spacial score (nSPS) is 12.5. The highest BCUT2D eigenvalue weighted by molar-refractivity contribution is 6.08. The van der Waals surface area contributed by atoms with Crippen molar-refractivity contribution in [2.75, 3.05) is 13.2 Å². The average molecular weight is 544 g/mol. The highest BCUT2D eigenvalue weighted by atomic mass is 16.6. The van der Waals surface area contributed by atoms with Crippen molar-refractivity contribution < 1.29 is 23.7 Å². The molecule has 0 saturated heterocycles. The third-order valence-electron chi connectivity index (χ3n) is 6.24. The van der Waals surface area contributed by atoms with Gasteiger partial charge in [0, 0.05) is 19.2 Å². The van der Waals surface area contributed by atoms with Crippen LogP contribution >= 0.6 is 0 Å². The molecule has 0 unspecified atom stereocenters. The average Bonchev–Trinajstić information content (AvgIpc) is 3.27. The molecule has 1 aromatic heterocycles. The summed E-state index contributed by atoms with van der Waals surface area (Å²) in [5.41, 5.74) is 1.37. The van der Waals surface area contributed by atoms with Crippen molar-refractivity contribution in [2.24, 2.45) is 0 Å². The summed E-state index contributed by atoms with van der Waals surface area (Å²) >= 11 is 0. The highest BCUT2D eigenvalue weighted by Crippen LogP contribution is 2.29. The van der Waals surface area contributed by atoms with Gasteiger partial charge in [-0.2, -0.15) is 0 Å². The van der Waals surface area contributed by atoms with Gasteiger partial charge in [0.05, 0.1) is 35.7 Å². The Labute approximate surface area is 236 Å². The standard InChI is InChI=1S/C30H50BN3O5/c1-9-11-27(35)38-25-14-13-23(21-31)20-26(25)36-18-10-12-24-22-34(33-32-24)17-15-29(5,6)37-19-16-30(7,8)39-28(2,3)4/h13-14,20,22H,9-12,15-19,21,31H2,1-8H3. The molecule has 2 aromatic rings. The van der Waals surface area contributed by atoms with Crippen LogP contribution in [-0.4, -0.2) is 58.8 Å². The van der Waals surface area contributed by atoms with Gasteiger partial charge >= 0.3 is 5.97 Å². The smallest absolute Gasteiger partial charge is 0.311 e. The second kappa shape index (κ2) is 14.8. The minimum atomic E-state index is -0.275. The van der Waals surface area contributed by atoms with Crippen molar-refractivity contribution in [1.29, 1.82) is 0 Å². The van der Waals surface area contributed by atoms with Crippen LogP contribution in [0.25, 0.3) is 0 Å². The zero-order chi connectivity index (χ0) is 29.1. The first-order valence-electron chi connectivity index (χ1n) is 14.4. The van der Waals surface area contributed by atoms with E-state index >= 15 is 0 Å². The Bertz CT molecular complexity index is 1030. The van der Waals surface area contributed by atoms with E-state index in [1.165, 1.54) is 0 Å². The molecule has 8 nitrogen and oxygen atoms in total. The molecule has 2 rings (SSSR count). The number of aryl methyl sites for hydroxylation is 2. The molecule has 0 N–H and O–H groups in total. The molecule has 9 heteroatoms. The van der Waals surface area contributed by atoms with Gasteiger partial charge in [0.15, 0.2) is 11.5 Å². The molecule has 0 atom stereocenters. The largest absolute Gasteiger partial charge is 0.490 e. The molecule has 218 valence electrons. The van der Waals surface area contributed by atoms with E-state index in [-0.39, 0.29) is 22.8 Å². The third kappa shape index (κ3) is 13.0. The number of esters is 1. The quantitative estimate of drug-likeness (QED) is 0.116. The Balaban J connectivity index is 1.78. The van der Waals surface area contributed by atoms with Crippen LogP contribution in [0, 0.1) is 0 Å². The fraction of sp³-hybridized carbons (Fsp3) is 0.700. The molecular formula is C30H50BN3O5. The zero-order valence-corrected chi connectivity index (χ0v) is 25.8. The number of carbonyl (C=O) groups is 1. The van der Waals surface area contributed by atoms with Gasteiger partial charge in [-0.1, -0.05) is 30.1 Å². The zero-order valence-electron chi connectivity index (χ0n) is 25.8. The lowest BCUT2D eigenvalue weighted by Gasteiger charge is -2.35. The Hall–Kier alpha value is -2.39. The van der Waals surface area contributed by atoms with E-state index < -0.39 is 0 Å². The van der Waals surface area contributed by atoms with Crippen molar-refractivity contribution in [3.05, 3.63) is 35.7 Å². The van der Waals surface area contributed by atoms with Crippen LogP contribution in [-0.2, 0) is 33.6 Å². The number of hydrogen-bond acceptors (Lipinski definition) is 7. The summed E-state index contributed by atoms with van der Waals surface area (Å²) in [6.07, 6.45) is 7.19. The van der Waals surface area contributed by atoms with Crippen molar-refractivity contribution in [1.82, 2.24) is 15.0 Å². The molecule has 0 radical (unpaired) electrons. The predicted octanol–water partition coefficient (Wildman–Crippen LogP) is 5.30. The number of ether oxygens (including phenoxy) is 4. The maximum absolute atomic E-state index is 12.0. The second-order valence-electron chi connectivity index (χ2n) is 12.4. The number of benzene rings is 1. The minimum absolute atomic E-state index is 0.178. The monoisotopic (exact) mass is 543 g/mol. The molecule has 0 amide bonds. The van der Waals surface area contributed by atoms with E-state index in [9.17, 15) is 4.79 Å². The van der Waals surface area contributed by atoms with Crippen molar-refractivity contribution in [2.45, 2.75) is 124 Å². The Morgan fingerprint density at radius 1 is 1.00 bits per heavy atom. The Morgan fingerprint density at radius 2 is 1.74 bits per heavy atom. The van der Waals surface area contributed by atoms with Gasteiger partial charge in [-0.15, -0.1) is 5.10 Å². The van der Waals surface area contributed by atoms with Crippen LogP contribution in [0.3, 0.4) is 0 Å². The molecule has 1 aromatic carbocycles. The third-order valence-corrected chi connectivity index (χ3v) is 6.24. The molecule has 39 heavy (non-hydrogen) atoms. The fourth-order valence-corrected chi connectivity index (χ4v) is 4.25. The van der Waals surface area contributed by atoms with Gasteiger partial charge in [-0.05, 0) is 92.7 Å². The summed E-state index contributed by atoms with van der Waals surface area (Å²) in [6.45, 7) is 18.5. The van der Waals surface area contributed by atoms with Crippen LogP contribution in [0.15, 0.2) is 24.4 Å². The van der Waals surface area contributed by atoms with Gasteiger partial charge in [0.2, 0.25) is 0 Å². The summed E-state index contributed by atoms with van der Waals surface area (Å²) in [5.74, 6) is 0.847. The van der Waals surface area contributed by atoms with Crippen molar-refractivity contribution in [3.63, 3.8) is 0 Å². The SMILES string of the molecule is BCc1ccc(OC(=O)CCC)c(OCCCc2cn(CCC(C)(C)OCCC(C)(C)OC(C)(C)C)nn2)c1. The molecule has 0 spiro atoms. The molecule has 0 aliphatic heterocycles. The number of rotatable bonds is 17. The van der Waals surface area contributed by atoms with Crippen molar-refractivity contribution >= 4 is 13.8 Å². The van der Waals surface area contributed by atoms with Crippen LogP contribution in [0.5, 0.6) is 11.5 Å². The summed E-state index contributed by atoms with van der Waals surface area (Å²) in [7, 11) is 2.09. The molecule has 0 aliphatic rings. The van der Waals surface area contributed by atoms with E-state index in [0.717, 1.165) is 56.2 Å². The predicted molar refractivity (Wildman–Crippen MR) is 157 cm³/mol. The first-order valence-corrected chi connectivity index (χ1v) is 14.4. The van der Waals surface area contributed by atoms with E-state index in [1.54, 1.807) is 0 Å². The maximum atomic E-state index is 12.0. The van der Waals surface area contributed by atoms with Crippen LogP contribution in [0.2, 0.25) is 0 Å². The van der Waals surface area contributed by atoms with Crippen LogP contribution in [0.4, 0.5) is 0 Å². The molecule has 0 saturated carbocycles. The van der Waals surface area contributed by atoms with Gasteiger partial charge < -0.3 is 18.9 Å². The van der Waals surface area contributed by atoms with Crippen molar-refractivity contribution in [3.8, 4) is 11.5 Å². The Morgan fingerprint density at radius 3 is 2.41 bits per heavy atom. The molecule has 1 heterocycles. The fourth-order valence-electron chi connectivity index (χ4n) is 4.25. The number of hydrogen-bond donors (Lipinski definition) is 0. The van der Waals surface area contributed by atoms with Gasteiger partial charge in [-0.3, -0.25) is 9.48 Å². The highest BCUT2D eigenvalue weighted by Gasteiger charge is 2.27. The van der Waals surface area contributed by atoms with Gasteiger partial charge in [0.25, 0.3) is 0 Å². The first kappa shape index (κ1) is 32.8. The summed E-state index contributed by atoms with van der Waals surface area (Å²) in [5, 5.41) is 8.62. The lowest BCUT2D eigenvalue weighted by atomic mass is 9.97. The Kier molecular flexibility index (Phi) is 12.5. The molecule has 0 fully saturated rings. The minimum Gasteiger partial charge on any atom is -0.490 e. The summed E-state index contributed by atoms with van der Waals surface area (Å²) in [4.78, 5) is 12.0. The van der Waals surface area contributed by atoms with E-state index in [0.29, 0.717) is 31.1 Å². The summed E-state index contributed by atoms with van der Waals surface area (Å²) < 4.78 is 25.8. The molecule has 0 aliphatic carbocycles. The summed E-state index contributed by atoms with van der Waals surface area (Å²) in [6, 6.07) is 5.74. The van der Waals surface area contributed by atoms with E-state index in [1.807, 2.05) is 36.0 Å². The van der Waals surface area contributed by atoms with E-state index in [4.69, 9.17) is 18.9 Å². The molecular weight excluding hydrogens is 493 g/mol. The maximum Gasteiger partial charge on any atom is 0.311 e. The number of nitrogens with zero attached hydrogens (tertiary/aromatic N) is 3. The first-order chi connectivity index (χ1) is 18.2. The lowest BCUT2D eigenvalue weighted by Crippen LogP contribution is -2.37. The van der Waals surface area contributed by atoms with Crippen LogP contribution in [0.1, 0.15) is 98.8 Å².